The maximum absolute atomic E-state index is 13.2. The molecule has 0 aliphatic carbocycles. The molecule has 1 aliphatic rings. The van der Waals surface area contributed by atoms with Crippen molar-refractivity contribution in [3.63, 3.8) is 0 Å². The van der Waals surface area contributed by atoms with E-state index in [0.29, 0.717) is 19.4 Å². The van der Waals surface area contributed by atoms with Gasteiger partial charge in [0.1, 0.15) is 18.1 Å². The number of nitrogens with one attached hydrogen (secondary N) is 3. The zero-order valence-electron chi connectivity index (χ0n) is 21.5. The second-order valence-electron chi connectivity index (χ2n) is 9.92. The molecule has 0 radical (unpaired) electrons. The molecule has 1 fully saturated rings. The second-order valence-corrected chi connectivity index (χ2v) is 9.92. The van der Waals surface area contributed by atoms with Crippen molar-refractivity contribution in [3.05, 3.63) is 36.0 Å². The van der Waals surface area contributed by atoms with Crippen LogP contribution in [-0.2, 0) is 30.4 Å². The van der Waals surface area contributed by atoms with Crippen molar-refractivity contribution in [1.29, 1.82) is 0 Å². The number of likely N-dealkylation sites (tertiary alicyclic amines) is 1. The number of carboxylic acid groups (broad SMARTS) is 2. The third-order valence-corrected chi connectivity index (χ3v) is 6.78. The smallest absolute Gasteiger partial charge is 0.326 e. The second kappa shape index (κ2) is 12.5. The fourth-order valence-electron chi connectivity index (χ4n) is 4.71. The average Bonchev–Trinajstić information content (AvgIpc) is 3.51. The van der Waals surface area contributed by atoms with Crippen molar-refractivity contribution in [2.45, 2.75) is 70.1 Å². The van der Waals surface area contributed by atoms with Crippen molar-refractivity contribution in [3.8, 4) is 0 Å². The van der Waals surface area contributed by atoms with Crippen molar-refractivity contribution < 1.29 is 34.2 Å². The molecule has 2 aromatic rings. The van der Waals surface area contributed by atoms with E-state index in [1.54, 1.807) is 13.8 Å². The molecule has 1 aromatic heterocycles. The van der Waals surface area contributed by atoms with Crippen LogP contribution < -0.4 is 16.4 Å². The lowest BCUT2D eigenvalue weighted by Gasteiger charge is -2.29. The van der Waals surface area contributed by atoms with Gasteiger partial charge >= 0.3 is 11.9 Å². The van der Waals surface area contributed by atoms with Crippen molar-refractivity contribution in [1.82, 2.24) is 20.5 Å². The van der Waals surface area contributed by atoms with Gasteiger partial charge in [-0.25, -0.2) is 4.79 Å². The monoisotopic (exact) mass is 529 g/mol. The Kier molecular flexibility index (Phi) is 9.45. The average molecular weight is 530 g/mol. The molecule has 3 rings (SSSR count). The fourth-order valence-corrected chi connectivity index (χ4v) is 4.71. The minimum Gasteiger partial charge on any atom is -0.481 e. The van der Waals surface area contributed by atoms with Gasteiger partial charge in [-0.15, -0.1) is 0 Å². The number of aromatic nitrogens is 1. The van der Waals surface area contributed by atoms with E-state index >= 15 is 0 Å². The maximum Gasteiger partial charge on any atom is 0.326 e. The predicted octanol–water partition coefficient (Wildman–Crippen LogP) is 0.604. The number of hydrogen-bond donors (Lipinski definition) is 6. The van der Waals surface area contributed by atoms with E-state index < -0.39 is 60.3 Å². The van der Waals surface area contributed by atoms with Crippen molar-refractivity contribution in [2.24, 2.45) is 11.7 Å². The molecule has 38 heavy (non-hydrogen) atoms. The van der Waals surface area contributed by atoms with Gasteiger partial charge in [-0.1, -0.05) is 32.0 Å². The first-order valence-electron chi connectivity index (χ1n) is 12.7. The van der Waals surface area contributed by atoms with Crippen LogP contribution in [0.3, 0.4) is 0 Å². The topological polar surface area (TPSA) is 195 Å². The Hall–Kier alpha value is -3.93. The van der Waals surface area contributed by atoms with Gasteiger partial charge in [0.25, 0.3) is 0 Å². The molecule has 2 heterocycles. The van der Waals surface area contributed by atoms with Gasteiger partial charge in [-0.2, -0.15) is 0 Å². The van der Waals surface area contributed by atoms with Crippen molar-refractivity contribution >= 4 is 40.6 Å². The van der Waals surface area contributed by atoms with Gasteiger partial charge in [0, 0.05) is 30.1 Å². The number of hydrogen-bond acceptors (Lipinski definition) is 6. The number of nitrogens with zero attached hydrogens (tertiary/aromatic N) is 1. The number of rotatable bonds is 12. The Morgan fingerprint density at radius 1 is 1.13 bits per heavy atom. The summed E-state index contributed by atoms with van der Waals surface area (Å²) in [4.78, 5) is 66.2. The summed E-state index contributed by atoms with van der Waals surface area (Å²) in [6, 6.07) is 3.52. The standard InChI is InChI=1S/C26H35N5O7/c1-14(2)22(24(35)29-19(26(37)38)9-10-21(32)33)30-23(34)20-8-5-11-31(20)25(36)17(27)12-15-13-28-18-7-4-3-6-16(15)18/h3-4,6-7,13-14,17,19-20,22,28H,5,8-12,27H2,1-2H3,(H,29,35)(H,30,34)(H,32,33)(H,37,38). The van der Waals surface area contributed by atoms with Crippen LogP contribution in [-0.4, -0.2) is 80.5 Å². The Morgan fingerprint density at radius 2 is 1.84 bits per heavy atom. The van der Waals surface area contributed by atoms with Crippen LogP contribution in [0.5, 0.6) is 0 Å². The number of nitrogens with two attached hydrogens (primary N) is 1. The van der Waals surface area contributed by atoms with Gasteiger partial charge in [0.05, 0.1) is 6.04 Å². The molecule has 12 nitrogen and oxygen atoms in total. The van der Waals surface area contributed by atoms with Gasteiger partial charge in [0.2, 0.25) is 17.7 Å². The lowest BCUT2D eigenvalue weighted by molar-refractivity contribution is -0.144. The molecular weight excluding hydrogens is 494 g/mol. The first-order chi connectivity index (χ1) is 18.0. The number of aliphatic carboxylic acids is 2. The Labute approximate surface area is 219 Å². The summed E-state index contributed by atoms with van der Waals surface area (Å²) in [5, 5.41) is 24.1. The van der Waals surface area contributed by atoms with E-state index in [1.165, 1.54) is 4.90 Å². The molecular formula is C26H35N5O7. The van der Waals surface area contributed by atoms with Crippen LogP contribution in [0, 0.1) is 5.92 Å². The molecule has 1 aromatic carbocycles. The summed E-state index contributed by atoms with van der Waals surface area (Å²) in [6.45, 7) is 3.73. The molecule has 206 valence electrons. The minimum atomic E-state index is -1.41. The Morgan fingerprint density at radius 3 is 2.50 bits per heavy atom. The SMILES string of the molecule is CC(C)C(NC(=O)C1CCCN1C(=O)C(N)Cc1c[nH]c2ccccc12)C(=O)NC(CCC(=O)O)C(=O)O. The van der Waals surface area contributed by atoms with E-state index in [0.717, 1.165) is 16.5 Å². The number of aromatic amines is 1. The Balaban J connectivity index is 1.65. The fraction of sp³-hybridized carbons (Fsp3) is 0.500. The number of H-pyrrole nitrogens is 1. The Bertz CT molecular complexity index is 1190. The van der Waals surface area contributed by atoms with E-state index in [9.17, 15) is 29.1 Å². The van der Waals surface area contributed by atoms with Crippen LogP contribution in [0.25, 0.3) is 10.9 Å². The summed E-state index contributed by atoms with van der Waals surface area (Å²) in [5.74, 6) is -4.58. The van der Waals surface area contributed by atoms with Crippen LogP contribution >= 0.6 is 0 Å². The number of carbonyl (C=O) groups is 5. The molecule has 4 unspecified atom stereocenters. The highest BCUT2D eigenvalue weighted by atomic mass is 16.4. The van der Waals surface area contributed by atoms with E-state index in [2.05, 4.69) is 15.6 Å². The van der Waals surface area contributed by atoms with Crippen LogP contribution in [0.2, 0.25) is 0 Å². The summed E-state index contributed by atoms with van der Waals surface area (Å²) in [5.41, 5.74) is 8.11. The van der Waals surface area contributed by atoms with Gasteiger partial charge in [-0.05, 0) is 43.2 Å². The molecule has 0 saturated carbocycles. The molecule has 7 N–H and O–H groups in total. The number of para-hydroxylation sites is 1. The summed E-state index contributed by atoms with van der Waals surface area (Å²) in [6.07, 6.45) is 2.37. The summed E-state index contributed by atoms with van der Waals surface area (Å²) >= 11 is 0. The molecule has 4 atom stereocenters. The van der Waals surface area contributed by atoms with Crippen LogP contribution in [0.1, 0.15) is 45.1 Å². The highest BCUT2D eigenvalue weighted by molar-refractivity contribution is 5.95. The van der Waals surface area contributed by atoms with Crippen LogP contribution in [0.15, 0.2) is 30.5 Å². The molecule has 3 amide bonds. The number of benzene rings is 1. The van der Waals surface area contributed by atoms with Crippen LogP contribution in [0.4, 0.5) is 0 Å². The first kappa shape index (κ1) is 28.6. The number of carbonyl (C=O) groups excluding carboxylic acids is 3. The third kappa shape index (κ3) is 6.88. The lowest BCUT2D eigenvalue weighted by atomic mass is 10.0. The molecule has 0 bridgehead atoms. The summed E-state index contributed by atoms with van der Waals surface area (Å²) in [7, 11) is 0. The zero-order valence-corrected chi connectivity index (χ0v) is 21.5. The van der Waals surface area contributed by atoms with Crippen molar-refractivity contribution in [2.75, 3.05) is 6.54 Å². The molecule has 1 saturated heterocycles. The maximum atomic E-state index is 13.2. The minimum absolute atomic E-state index is 0.289. The van der Waals surface area contributed by atoms with Gasteiger partial charge < -0.3 is 36.5 Å². The highest BCUT2D eigenvalue weighted by Gasteiger charge is 2.38. The number of carboxylic acids is 2. The molecule has 1 aliphatic heterocycles. The first-order valence-corrected chi connectivity index (χ1v) is 12.7. The van der Waals surface area contributed by atoms with Gasteiger partial charge in [0.15, 0.2) is 0 Å². The summed E-state index contributed by atoms with van der Waals surface area (Å²) < 4.78 is 0. The van der Waals surface area contributed by atoms with Gasteiger partial charge in [-0.3, -0.25) is 19.2 Å². The van der Waals surface area contributed by atoms with E-state index in [1.807, 2.05) is 30.5 Å². The highest BCUT2D eigenvalue weighted by Crippen LogP contribution is 2.22. The van der Waals surface area contributed by atoms with E-state index in [4.69, 9.17) is 10.8 Å². The normalized spacial score (nSPS) is 17.7. The quantitative estimate of drug-likeness (QED) is 0.230. The number of fused-ring (bicyclic) bond motifs is 1. The largest absolute Gasteiger partial charge is 0.481 e. The molecule has 0 spiro atoms. The van der Waals surface area contributed by atoms with E-state index in [-0.39, 0.29) is 18.7 Å². The zero-order chi connectivity index (χ0) is 28.0. The third-order valence-electron chi connectivity index (χ3n) is 6.78. The number of amides is 3. The predicted molar refractivity (Wildman–Crippen MR) is 138 cm³/mol. The lowest BCUT2D eigenvalue weighted by Crippen LogP contribution is -2.58. The molecule has 12 heteroatoms.